The summed E-state index contributed by atoms with van der Waals surface area (Å²) in [5.74, 6) is 2.00. The van der Waals surface area contributed by atoms with E-state index in [0.717, 1.165) is 30.4 Å². The van der Waals surface area contributed by atoms with Gasteiger partial charge in [-0.25, -0.2) is 4.98 Å². The fourth-order valence-corrected chi connectivity index (χ4v) is 2.43. The molecule has 3 nitrogen and oxygen atoms in total. The summed E-state index contributed by atoms with van der Waals surface area (Å²) in [5, 5.41) is 0. The first-order chi connectivity index (χ1) is 7.85. The molecule has 1 aliphatic rings. The van der Waals surface area contributed by atoms with Gasteiger partial charge in [-0.3, -0.25) is 0 Å². The summed E-state index contributed by atoms with van der Waals surface area (Å²) in [6, 6.07) is 4.04. The minimum atomic E-state index is 0.580. The third-order valence-electron chi connectivity index (χ3n) is 3.58. The molecule has 0 aromatic carbocycles. The summed E-state index contributed by atoms with van der Waals surface area (Å²) in [5.41, 5.74) is 6.91. The van der Waals surface area contributed by atoms with E-state index in [1.165, 1.54) is 19.3 Å². The van der Waals surface area contributed by atoms with Crippen molar-refractivity contribution in [1.82, 2.24) is 4.98 Å². The number of aromatic nitrogens is 1. The Bertz CT molecular complexity index is 330. The van der Waals surface area contributed by atoms with E-state index < -0.39 is 0 Å². The maximum Gasteiger partial charge on any atom is 0.132 e. The summed E-state index contributed by atoms with van der Waals surface area (Å²) in [6.07, 6.45) is 5.74. The van der Waals surface area contributed by atoms with Crippen molar-refractivity contribution >= 4 is 5.82 Å². The smallest absolute Gasteiger partial charge is 0.132 e. The molecule has 2 N–H and O–H groups in total. The van der Waals surface area contributed by atoms with Gasteiger partial charge in [0.15, 0.2) is 0 Å². The average molecular weight is 219 g/mol. The van der Waals surface area contributed by atoms with Crippen LogP contribution in [0.4, 0.5) is 5.82 Å². The van der Waals surface area contributed by atoms with Gasteiger partial charge >= 0.3 is 0 Å². The first-order valence-electron chi connectivity index (χ1n) is 6.24. The van der Waals surface area contributed by atoms with Crippen LogP contribution < -0.4 is 10.6 Å². The number of nitrogens with zero attached hydrogens (tertiary/aromatic N) is 2. The van der Waals surface area contributed by atoms with Crippen LogP contribution in [0, 0.1) is 5.92 Å². The highest BCUT2D eigenvalue weighted by molar-refractivity contribution is 5.46. The number of nitrogens with two attached hydrogens (primary N) is 1. The second-order valence-electron chi connectivity index (χ2n) is 4.53. The number of anilines is 1. The monoisotopic (exact) mass is 219 g/mol. The third kappa shape index (κ3) is 2.35. The molecule has 0 aliphatic carbocycles. The van der Waals surface area contributed by atoms with Crippen LogP contribution in [0.25, 0.3) is 0 Å². The molecule has 0 bridgehead atoms. The van der Waals surface area contributed by atoms with Crippen molar-refractivity contribution in [1.29, 1.82) is 0 Å². The van der Waals surface area contributed by atoms with Crippen LogP contribution in [-0.2, 0) is 6.54 Å². The Morgan fingerprint density at radius 2 is 2.19 bits per heavy atom. The molecule has 2 rings (SSSR count). The quantitative estimate of drug-likeness (QED) is 0.847. The molecule has 0 saturated carbocycles. The standard InChI is InChI=1S/C13H21N3/c1-2-11-5-8-16(9-6-11)13-12(10-14)4-3-7-15-13/h3-4,7,11H,2,5-6,8-10,14H2,1H3. The Morgan fingerprint density at radius 1 is 1.44 bits per heavy atom. The molecule has 2 heterocycles. The summed E-state index contributed by atoms with van der Waals surface area (Å²) in [7, 11) is 0. The molecule has 1 aromatic rings. The lowest BCUT2D eigenvalue weighted by atomic mass is 9.94. The zero-order valence-electron chi connectivity index (χ0n) is 10.0. The predicted octanol–water partition coefficient (Wildman–Crippen LogP) is 2.17. The molecule has 0 atom stereocenters. The highest BCUT2D eigenvalue weighted by Crippen LogP contribution is 2.25. The largest absolute Gasteiger partial charge is 0.356 e. The van der Waals surface area contributed by atoms with Gasteiger partial charge in [-0.2, -0.15) is 0 Å². The van der Waals surface area contributed by atoms with Gasteiger partial charge < -0.3 is 10.6 Å². The highest BCUT2D eigenvalue weighted by Gasteiger charge is 2.20. The van der Waals surface area contributed by atoms with Crippen LogP contribution in [0.15, 0.2) is 18.3 Å². The number of hydrogen-bond donors (Lipinski definition) is 1. The Balaban J connectivity index is 2.07. The van der Waals surface area contributed by atoms with Crippen molar-refractivity contribution in [3.8, 4) is 0 Å². The van der Waals surface area contributed by atoms with E-state index in [2.05, 4.69) is 22.9 Å². The molecule has 1 aromatic heterocycles. The average Bonchev–Trinajstić information content (AvgIpc) is 2.39. The van der Waals surface area contributed by atoms with E-state index in [0.29, 0.717) is 6.54 Å². The maximum absolute atomic E-state index is 5.74. The zero-order valence-corrected chi connectivity index (χ0v) is 10.0. The third-order valence-corrected chi connectivity index (χ3v) is 3.58. The molecule has 3 heteroatoms. The predicted molar refractivity (Wildman–Crippen MR) is 67.4 cm³/mol. The van der Waals surface area contributed by atoms with E-state index in [9.17, 15) is 0 Å². The number of hydrogen-bond acceptors (Lipinski definition) is 3. The van der Waals surface area contributed by atoms with Crippen LogP contribution in [0.2, 0.25) is 0 Å². The van der Waals surface area contributed by atoms with Crippen molar-refractivity contribution in [2.24, 2.45) is 11.7 Å². The fourth-order valence-electron chi connectivity index (χ4n) is 2.43. The number of piperidine rings is 1. The Kier molecular flexibility index (Phi) is 3.78. The minimum Gasteiger partial charge on any atom is -0.356 e. The van der Waals surface area contributed by atoms with Crippen LogP contribution in [0.5, 0.6) is 0 Å². The lowest BCUT2D eigenvalue weighted by molar-refractivity contribution is 0.393. The van der Waals surface area contributed by atoms with E-state index in [1.807, 2.05) is 12.3 Å². The minimum absolute atomic E-state index is 0.580. The second kappa shape index (κ2) is 5.30. The molecule has 88 valence electrons. The Hall–Kier alpha value is -1.09. The highest BCUT2D eigenvalue weighted by atomic mass is 15.2. The van der Waals surface area contributed by atoms with E-state index in [-0.39, 0.29) is 0 Å². The maximum atomic E-state index is 5.74. The van der Waals surface area contributed by atoms with Crippen molar-refractivity contribution in [3.05, 3.63) is 23.9 Å². The molecular weight excluding hydrogens is 198 g/mol. The van der Waals surface area contributed by atoms with Crippen LogP contribution >= 0.6 is 0 Å². The van der Waals surface area contributed by atoms with Crippen LogP contribution in [-0.4, -0.2) is 18.1 Å². The van der Waals surface area contributed by atoms with E-state index in [1.54, 1.807) is 0 Å². The van der Waals surface area contributed by atoms with E-state index in [4.69, 9.17) is 5.73 Å². The lowest BCUT2D eigenvalue weighted by Gasteiger charge is -2.33. The SMILES string of the molecule is CCC1CCN(c2ncccc2CN)CC1. The van der Waals surface area contributed by atoms with Gasteiger partial charge in [0.25, 0.3) is 0 Å². The fraction of sp³-hybridized carbons (Fsp3) is 0.615. The molecule has 16 heavy (non-hydrogen) atoms. The van der Waals surface area contributed by atoms with Crippen LogP contribution in [0.1, 0.15) is 31.7 Å². The summed E-state index contributed by atoms with van der Waals surface area (Å²) < 4.78 is 0. The Morgan fingerprint density at radius 3 is 2.81 bits per heavy atom. The van der Waals surface area contributed by atoms with E-state index >= 15 is 0 Å². The van der Waals surface area contributed by atoms with Gasteiger partial charge in [-0.1, -0.05) is 19.4 Å². The van der Waals surface area contributed by atoms with Gasteiger partial charge in [0.2, 0.25) is 0 Å². The lowest BCUT2D eigenvalue weighted by Crippen LogP contribution is -2.34. The van der Waals surface area contributed by atoms with Gasteiger partial charge in [-0.15, -0.1) is 0 Å². The van der Waals surface area contributed by atoms with Gasteiger partial charge in [0.05, 0.1) is 0 Å². The summed E-state index contributed by atoms with van der Waals surface area (Å²) in [6.45, 7) is 5.12. The van der Waals surface area contributed by atoms with Gasteiger partial charge in [0, 0.05) is 31.4 Å². The second-order valence-corrected chi connectivity index (χ2v) is 4.53. The molecule has 1 fully saturated rings. The number of rotatable bonds is 3. The molecule has 0 radical (unpaired) electrons. The van der Waals surface area contributed by atoms with Gasteiger partial charge in [-0.05, 0) is 24.8 Å². The van der Waals surface area contributed by atoms with Crippen LogP contribution in [0.3, 0.4) is 0 Å². The van der Waals surface area contributed by atoms with Gasteiger partial charge in [0.1, 0.15) is 5.82 Å². The molecule has 0 spiro atoms. The van der Waals surface area contributed by atoms with Crippen molar-refractivity contribution < 1.29 is 0 Å². The number of pyridine rings is 1. The molecule has 1 saturated heterocycles. The van der Waals surface area contributed by atoms with Crippen molar-refractivity contribution in [2.45, 2.75) is 32.7 Å². The first-order valence-corrected chi connectivity index (χ1v) is 6.24. The molecule has 0 unspecified atom stereocenters. The molecule has 0 amide bonds. The molecular formula is C13H21N3. The Labute approximate surface area is 97.7 Å². The first kappa shape index (κ1) is 11.4. The normalized spacial score (nSPS) is 17.8. The summed E-state index contributed by atoms with van der Waals surface area (Å²) in [4.78, 5) is 6.85. The van der Waals surface area contributed by atoms with Crippen molar-refractivity contribution in [3.63, 3.8) is 0 Å². The summed E-state index contributed by atoms with van der Waals surface area (Å²) >= 11 is 0. The van der Waals surface area contributed by atoms with Crippen molar-refractivity contribution in [2.75, 3.05) is 18.0 Å². The topological polar surface area (TPSA) is 42.2 Å². The zero-order chi connectivity index (χ0) is 11.4. The molecule has 1 aliphatic heterocycles.